The van der Waals surface area contributed by atoms with Crippen molar-refractivity contribution in [2.75, 3.05) is 7.11 Å². The second kappa shape index (κ2) is 29.4. The van der Waals surface area contributed by atoms with Crippen LogP contribution in [0.3, 0.4) is 0 Å². The Labute approximate surface area is 107 Å². The topological polar surface area (TPSA) is 66.8 Å². The first kappa shape index (κ1) is 29.8. The molecule has 6 heteroatoms. The van der Waals surface area contributed by atoms with Crippen LogP contribution < -0.4 is 0 Å². The molecule has 0 fully saturated rings. The fraction of sp³-hybridized carbons (Fsp3) is 0.900. The van der Waals surface area contributed by atoms with E-state index in [0.29, 0.717) is 0 Å². The van der Waals surface area contributed by atoms with E-state index in [-0.39, 0.29) is 20.6 Å². The van der Waals surface area contributed by atoms with E-state index in [2.05, 4.69) is 14.0 Å². The van der Waals surface area contributed by atoms with Gasteiger partial charge in [-0.1, -0.05) is 14.9 Å². The van der Waals surface area contributed by atoms with Gasteiger partial charge in [-0.2, -0.15) is 9.12 Å². The van der Waals surface area contributed by atoms with Crippen LogP contribution in [0.15, 0.2) is 0 Å². The zero-order chi connectivity index (χ0) is 13.5. The Hall–Kier alpha value is 0.0449. The number of rotatable bonds is 0. The molecule has 16 heavy (non-hydrogen) atoms. The Balaban J connectivity index is -0.0000000246. The summed E-state index contributed by atoms with van der Waals surface area (Å²) in [5.41, 5.74) is -0.403. The van der Waals surface area contributed by atoms with E-state index in [9.17, 15) is 4.79 Å². The van der Waals surface area contributed by atoms with E-state index in [1.165, 1.54) is 21.4 Å². The molecule has 0 rings (SSSR count). The van der Waals surface area contributed by atoms with Gasteiger partial charge in [-0.05, 0) is 36.0 Å². The van der Waals surface area contributed by atoms with Gasteiger partial charge in [0.1, 0.15) is 13.3 Å². The molecule has 0 saturated heterocycles. The number of aliphatic hydroxyl groups excluding tert-OH is 1. The Kier molecular flexibility index (Phi) is 54.7. The minimum atomic E-state index is -0.403. The van der Waals surface area contributed by atoms with E-state index in [4.69, 9.17) is 11.7 Å². The molecule has 0 spiro atoms. The Morgan fingerprint density at radius 1 is 1.31 bits per heavy atom. The average Bonchev–Trinajstić information content (AvgIpc) is 2.07. The number of aliphatic hydroxyl groups is 1. The minimum absolute atomic E-state index is 0. The van der Waals surface area contributed by atoms with Crippen LogP contribution in [-0.2, 0) is 9.68 Å². The van der Waals surface area contributed by atoms with Crippen LogP contribution in [0, 0.1) is 0 Å². The molecule has 0 amide bonds. The summed E-state index contributed by atoms with van der Waals surface area (Å²) in [5.74, 6) is 0.167. The molecule has 0 aromatic heterocycles. The molecular formula is C10H31BO4P. The minimum Gasteiger partial charge on any atom is -0.400 e. The quantitative estimate of drug-likeness (QED) is 0.303. The molecule has 2 N–H and O–H groups in total. The highest BCUT2D eigenvalue weighted by Crippen LogP contribution is 2.01. The summed E-state index contributed by atoms with van der Waals surface area (Å²) in [5, 5.41) is 14.9. The number of hydrogen-bond donors (Lipinski definition) is 2. The Morgan fingerprint density at radius 3 is 1.38 bits per heavy atom. The summed E-state index contributed by atoms with van der Waals surface area (Å²) in [6.07, 6.45) is 0. The summed E-state index contributed by atoms with van der Waals surface area (Å²) < 4.78 is 6.05. The van der Waals surface area contributed by atoms with Crippen molar-refractivity contribution in [3.63, 3.8) is 0 Å². The molecule has 0 saturated carbocycles. The summed E-state index contributed by atoms with van der Waals surface area (Å²) in [4.78, 5) is 13.4. The first-order valence-electron chi connectivity index (χ1n) is 4.45. The van der Waals surface area contributed by atoms with Crippen molar-refractivity contribution in [1.29, 1.82) is 1.34 Å². The molecule has 103 valence electrons. The lowest BCUT2D eigenvalue weighted by atomic mass is 10.2. The molecule has 4 nitrogen and oxygen atoms in total. The van der Waals surface area contributed by atoms with Gasteiger partial charge in [0.05, 0.1) is 5.60 Å². The fourth-order valence-corrected chi connectivity index (χ4v) is 0. The van der Waals surface area contributed by atoms with E-state index in [0.717, 1.165) is 7.11 Å². The predicted octanol–water partition coefficient (Wildman–Crippen LogP) is 2.43. The van der Waals surface area contributed by atoms with Crippen molar-refractivity contribution in [1.82, 2.24) is 0 Å². The highest BCUT2D eigenvalue weighted by molar-refractivity contribution is 7.49. The van der Waals surface area contributed by atoms with E-state index >= 15 is 0 Å². The smallest absolute Gasteiger partial charge is 0.126 e. The number of hydrogen-bond acceptors (Lipinski definition) is 4. The van der Waals surface area contributed by atoms with Gasteiger partial charge in [0, 0.05) is 7.11 Å². The van der Waals surface area contributed by atoms with Gasteiger partial charge in [0.15, 0.2) is 0 Å². The Bertz CT molecular complexity index is 117. The largest absolute Gasteiger partial charge is 0.400 e. The normalized spacial score (nSPS) is 7.44. The van der Waals surface area contributed by atoms with Crippen LogP contribution >= 0.6 is 9.12 Å². The SMILES string of the molecule is C.C.CC(C)(C)OO.CC(C)=O.CO.[3H][B]P. The van der Waals surface area contributed by atoms with Crippen LogP contribution in [0.1, 0.15) is 49.5 Å². The van der Waals surface area contributed by atoms with Crippen LogP contribution in [0.25, 0.3) is 0 Å². The van der Waals surface area contributed by atoms with Crippen molar-refractivity contribution in [3.8, 4) is 0 Å². The first-order valence-corrected chi connectivity index (χ1v) is 4.54. The molecular weight excluding hydrogens is 226 g/mol. The van der Waals surface area contributed by atoms with Gasteiger partial charge >= 0.3 is 0 Å². The van der Waals surface area contributed by atoms with Gasteiger partial charge in [-0.3, -0.25) is 5.26 Å². The van der Waals surface area contributed by atoms with Gasteiger partial charge in [-0.25, -0.2) is 4.89 Å². The molecule has 0 aliphatic rings. The summed E-state index contributed by atoms with van der Waals surface area (Å²) in [6, 6.07) is 0. The summed E-state index contributed by atoms with van der Waals surface area (Å²) in [7, 11) is 4.29. The lowest BCUT2D eigenvalue weighted by molar-refractivity contribution is -0.306. The molecule has 0 aromatic rings. The second-order valence-electron chi connectivity index (χ2n) is 3.11. The maximum atomic E-state index is 9.44. The monoisotopic (exact) mass is 259 g/mol. The lowest BCUT2D eigenvalue weighted by Crippen LogP contribution is -2.15. The third-order valence-corrected chi connectivity index (χ3v) is 0.274. The van der Waals surface area contributed by atoms with Crippen LogP contribution in [0.2, 0.25) is 0 Å². The van der Waals surface area contributed by atoms with E-state index in [1.807, 2.05) is 0 Å². The van der Waals surface area contributed by atoms with Crippen LogP contribution in [0.4, 0.5) is 0 Å². The Morgan fingerprint density at radius 2 is 1.38 bits per heavy atom. The van der Waals surface area contributed by atoms with E-state index in [1.54, 1.807) is 20.8 Å². The number of Topliss-reactive ketones (excluding diaryl/α,β-unsaturated/α-hetero) is 1. The zero-order valence-electron chi connectivity index (χ0n) is 10.9. The standard InChI is InChI=1S/C4H10O2.C3H6O.CH4O.2CH4.BH3P/c1-4(2,3)6-5;1-3(2)4;1-2;;;1-2/h5H,1-3H3;1-2H3;2H,1H3;2*1H4;1H,2H2/i;;;;;1T. The number of carbonyl (C=O) groups excluding carboxylic acids is 1. The summed E-state index contributed by atoms with van der Waals surface area (Å²) in [6.45, 7) is 8.37. The van der Waals surface area contributed by atoms with E-state index < -0.39 is 5.60 Å². The van der Waals surface area contributed by atoms with Gasteiger partial charge < -0.3 is 9.90 Å². The van der Waals surface area contributed by atoms with Crippen LogP contribution in [-0.4, -0.2) is 37.7 Å². The average molecular weight is 259 g/mol. The molecule has 0 aliphatic carbocycles. The zero-order valence-corrected chi connectivity index (χ0v) is 11.0. The third kappa shape index (κ3) is 258. The van der Waals surface area contributed by atoms with Gasteiger partial charge in [0.2, 0.25) is 0 Å². The fourth-order valence-electron chi connectivity index (χ4n) is 0. The summed E-state index contributed by atoms with van der Waals surface area (Å²) >= 11 is 0. The van der Waals surface area contributed by atoms with Gasteiger partial charge in [0.25, 0.3) is 0 Å². The molecule has 0 heterocycles. The second-order valence-corrected chi connectivity index (χ2v) is 3.11. The highest BCUT2D eigenvalue weighted by Gasteiger charge is 2.06. The highest BCUT2D eigenvalue weighted by atomic mass is 31.0. The van der Waals surface area contributed by atoms with Gasteiger partial charge in [-0.15, -0.1) is 0 Å². The molecule has 0 aliphatic heterocycles. The molecule has 1 unspecified atom stereocenters. The molecule has 0 bridgehead atoms. The van der Waals surface area contributed by atoms with Crippen LogP contribution in [0.5, 0.6) is 0 Å². The molecule has 0 aromatic carbocycles. The maximum absolute atomic E-state index is 9.44. The number of ketones is 1. The molecule has 1 atom stereocenters. The first-order chi connectivity index (χ1) is 6.71. The van der Waals surface area contributed by atoms with Crippen molar-refractivity contribution < 1.29 is 20.0 Å². The lowest BCUT2D eigenvalue weighted by Gasteiger charge is -2.10. The van der Waals surface area contributed by atoms with Crippen molar-refractivity contribution >= 4 is 22.4 Å². The third-order valence-electron chi connectivity index (χ3n) is 0.274. The van der Waals surface area contributed by atoms with Crippen molar-refractivity contribution in [3.05, 3.63) is 0 Å². The van der Waals surface area contributed by atoms with Crippen molar-refractivity contribution in [2.45, 2.75) is 55.1 Å². The number of carbonyl (C=O) groups is 1. The molecule has 1 radical (unpaired) electrons. The predicted molar refractivity (Wildman–Crippen MR) is 78.3 cm³/mol. The maximum Gasteiger partial charge on any atom is 0.126 e. The van der Waals surface area contributed by atoms with Crippen molar-refractivity contribution in [2.24, 2.45) is 0 Å².